The highest BCUT2D eigenvalue weighted by atomic mass is 16.5. The van der Waals surface area contributed by atoms with Gasteiger partial charge >= 0.3 is 6.09 Å². The van der Waals surface area contributed by atoms with Crippen LogP contribution in [-0.4, -0.2) is 38.7 Å². The maximum atomic E-state index is 12.3. The minimum atomic E-state index is -0.620. The van der Waals surface area contributed by atoms with E-state index in [4.69, 9.17) is 4.74 Å². The minimum absolute atomic E-state index is 0.0164. The van der Waals surface area contributed by atoms with Crippen molar-refractivity contribution in [2.45, 2.75) is 45.6 Å². The molecule has 0 spiro atoms. The number of hydrogen-bond donors (Lipinski definition) is 1. The lowest BCUT2D eigenvalue weighted by atomic mass is 9.90. The van der Waals surface area contributed by atoms with Crippen molar-refractivity contribution in [1.82, 2.24) is 5.32 Å². The van der Waals surface area contributed by atoms with Gasteiger partial charge in [0.15, 0.2) is 5.78 Å². The van der Waals surface area contributed by atoms with Crippen LogP contribution in [0.15, 0.2) is 0 Å². The highest BCUT2D eigenvalue weighted by Crippen LogP contribution is 2.16. The lowest BCUT2D eigenvalue weighted by molar-refractivity contribution is -0.126. The number of alkyl carbamates (subject to hydrolysis) is 1. The van der Waals surface area contributed by atoms with Gasteiger partial charge in [-0.25, -0.2) is 4.79 Å². The molecule has 0 bridgehead atoms. The van der Waals surface area contributed by atoms with E-state index in [0.717, 1.165) is 25.7 Å². The molecule has 0 unspecified atom stereocenters. The van der Waals surface area contributed by atoms with Gasteiger partial charge in [-0.05, 0) is 12.8 Å². The molecule has 0 rings (SSSR count). The molecule has 0 saturated carbocycles. The molecule has 0 aliphatic rings. The molecule has 0 aromatic carbocycles. The minimum Gasteiger partial charge on any atom is -0.453 e. The van der Waals surface area contributed by atoms with Gasteiger partial charge in [0, 0.05) is 13.0 Å². The van der Waals surface area contributed by atoms with Crippen LogP contribution in [0.1, 0.15) is 39.5 Å². The van der Waals surface area contributed by atoms with Crippen LogP contribution in [0.3, 0.4) is 0 Å². The van der Waals surface area contributed by atoms with Crippen molar-refractivity contribution in [3.63, 3.8) is 0 Å². The van der Waals surface area contributed by atoms with E-state index >= 15 is 0 Å². The maximum absolute atomic E-state index is 12.3. The third-order valence-corrected chi connectivity index (χ3v) is 2.83. The Labute approximate surface area is 109 Å². The number of hydrogen-bond acceptors (Lipinski definition) is 4. The van der Waals surface area contributed by atoms with Crippen LogP contribution in [0.25, 0.3) is 0 Å². The highest BCUT2D eigenvalue weighted by Gasteiger charge is 2.27. The van der Waals surface area contributed by atoms with E-state index in [1.165, 1.54) is 14.2 Å². The monoisotopic (exact) mass is 259 g/mol. The number of carbonyl (C=O) groups excluding carboxylic acids is 2. The Morgan fingerprint density at radius 2 is 1.67 bits per heavy atom. The molecule has 0 aromatic rings. The van der Waals surface area contributed by atoms with Crippen LogP contribution in [-0.2, 0) is 14.3 Å². The first-order chi connectivity index (χ1) is 8.60. The summed E-state index contributed by atoms with van der Waals surface area (Å²) in [6.07, 6.45) is 2.99. The van der Waals surface area contributed by atoms with Crippen molar-refractivity contribution in [3.05, 3.63) is 0 Å². The van der Waals surface area contributed by atoms with E-state index in [2.05, 4.69) is 23.9 Å². The van der Waals surface area contributed by atoms with E-state index in [0.29, 0.717) is 0 Å². The molecule has 5 heteroatoms. The van der Waals surface area contributed by atoms with Gasteiger partial charge in [0.05, 0.1) is 13.7 Å². The predicted octanol–water partition coefficient (Wildman–Crippen LogP) is 2.14. The summed E-state index contributed by atoms with van der Waals surface area (Å²) in [7, 11) is 2.78. The molecule has 0 aliphatic heterocycles. The summed E-state index contributed by atoms with van der Waals surface area (Å²) in [6.45, 7) is 4.28. The third-order valence-electron chi connectivity index (χ3n) is 2.83. The second-order valence-corrected chi connectivity index (χ2v) is 4.32. The van der Waals surface area contributed by atoms with Crippen molar-refractivity contribution in [1.29, 1.82) is 0 Å². The molecule has 0 aliphatic carbocycles. The van der Waals surface area contributed by atoms with Crippen molar-refractivity contribution in [3.8, 4) is 0 Å². The maximum Gasteiger partial charge on any atom is 0.407 e. The molecule has 1 amide bonds. The Morgan fingerprint density at radius 1 is 1.11 bits per heavy atom. The molecule has 0 radical (unpaired) electrons. The summed E-state index contributed by atoms with van der Waals surface area (Å²) in [5.41, 5.74) is 0. The second kappa shape index (κ2) is 9.88. The molecule has 0 heterocycles. The number of ketones is 1. The van der Waals surface area contributed by atoms with E-state index in [-0.39, 0.29) is 18.3 Å². The van der Waals surface area contributed by atoms with Crippen LogP contribution in [0.4, 0.5) is 4.79 Å². The summed E-state index contributed by atoms with van der Waals surface area (Å²) in [5.74, 6) is 0.0169. The zero-order chi connectivity index (χ0) is 14.0. The van der Waals surface area contributed by atoms with Gasteiger partial charge in [0.1, 0.15) is 6.04 Å². The summed E-state index contributed by atoms with van der Waals surface area (Å²) in [5, 5.41) is 2.53. The van der Waals surface area contributed by atoms with Gasteiger partial charge in [-0.2, -0.15) is 0 Å². The summed E-state index contributed by atoms with van der Waals surface area (Å²) in [4.78, 5) is 23.5. The van der Waals surface area contributed by atoms with Gasteiger partial charge in [-0.15, -0.1) is 0 Å². The smallest absolute Gasteiger partial charge is 0.407 e. The summed E-state index contributed by atoms with van der Waals surface area (Å²) in [6, 6.07) is -0.620. The van der Waals surface area contributed by atoms with Crippen LogP contribution < -0.4 is 5.32 Å². The van der Waals surface area contributed by atoms with Gasteiger partial charge in [0.25, 0.3) is 0 Å². The Morgan fingerprint density at radius 3 is 2.06 bits per heavy atom. The van der Waals surface area contributed by atoms with E-state index < -0.39 is 12.1 Å². The lowest BCUT2D eigenvalue weighted by Crippen LogP contribution is -2.46. The predicted molar refractivity (Wildman–Crippen MR) is 69.5 cm³/mol. The molecule has 1 atom stereocenters. The van der Waals surface area contributed by atoms with Gasteiger partial charge in [-0.3, -0.25) is 4.79 Å². The quantitative estimate of drug-likeness (QED) is 0.689. The van der Waals surface area contributed by atoms with E-state index in [1.807, 2.05) is 0 Å². The first kappa shape index (κ1) is 16.9. The van der Waals surface area contributed by atoms with E-state index in [1.54, 1.807) is 0 Å². The molecule has 106 valence electrons. The first-order valence-corrected chi connectivity index (χ1v) is 6.47. The number of rotatable bonds is 9. The normalized spacial score (nSPS) is 12.3. The molecule has 0 fully saturated rings. The SMILES string of the molecule is CCCC(CCC)C(=O)[C@H](COC)NC(=O)OC. The zero-order valence-electron chi connectivity index (χ0n) is 11.8. The van der Waals surface area contributed by atoms with Crippen molar-refractivity contribution in [2.24, 2.45) is 5.92 Å². The molecule has 1 N–H and O–H groups in total. The van der Waals surface area contributed by atoms with Crippen molar-refractivity contribution >= 4 is 11.9 Å². The molecule has 0 saturated heterocycles. The summed E-state index contributed by atoms with van der Waals surface area (Å²) >= 11 is 0. The Balaban J connectivity index is 4.62. The number of ether oxygens (including phenoxy) is 2. The van der Waals surface area contributed by atoms with Gasteiger partial charge in [-0.1, -0.05) is 26.7 Å². The molecular formula is C13H25NO4. The number of amides is 1. The number of carbonyl (C=O) groups is 2. The number of nitrogens with one attached hydrogen (secondary N) is 1. The average molecular weight is 259 g/mol. The van der Waals surface area contributed by atoms with Crippen LogP contribution in [0, 0.1) is 5.92 Å². The molecule has 5 nitrogen and oxygen atoms in total. The second-order valence-electron chi connectivity index (χ2n) is 4.32. The summed E-state index contributed by atoms with van der Waals surface area (Å²) < 4.78 is 9.50. The Kier molecular flexibility index (Phi) is 9.28. The molecule has 0 aromatic heterocycles. The number of methoxy groups -OCH3 is 2. The molecular weight excluding hydrogens is 234 g/mol. The van der Waals surface area contributed by atoms with Crippen LogP contribution >= 0.6 is 0 Å². The first-order valence-electron chi connectivity index (χ1n) is 6.47. The third kappa shape index (κ3) is 6.00. The van der Waals surface area contributed by atoms with Gasteiger partial charge in [0.2, 0.25) is 0 Å². The van der Waals surface area contributed by atoms with Crippen LogP contribution in [0.5, 0.6) is 0 Å². The van der Waals surface area contributed by atoms with Crippen molar-refractivity contribution in [2.75, 3.05) is 20.8 Å². The lowest BCUT2D eigenvalue weighted by Gasteiger charge is -2.22. The average Bonchev–Trinajstić information content (AvgIpc) is 2.37. The van der Waals surface area contributed by atoms with Crippen LogP contribution in [0.2, 0.25) is 0 Å². The Bertz CT molecular complexity index is 249. The molecule has 18 heavy (non-hydrogen) atoms. The number of Topliss-reactive ketones (excluding diaryl/α,β-unsaturated/α-hetero) is 1. The fourth-order valence-corrected chi connectivity index (χ4v) is 1.97. The fourth-order valence-electron chi connectivity index (χ4n) is 1.97. The van der Waals surface area contributed by atoms with Crippen molar-refractivity contribution < 1.29 is 19.1 Å². The van der Waals surface area contributed by atoms with E-state index in [9.17, 15) is 9.59 Å². The fraction of sp³-hybridized carbons (Fsp3) is 0.846. The highest BCUT2D eigenvalue weighted by molar-refractivity contribution is 5.89. The largest absolute Gasteiger partial charge is 0.453 e. The standard InChI is InChI=1S/C13H25NO4/c1-5-7-10(8-6-2)12(15)11(9-17-3)14-13(16)18-4/h10-11H,5-9H2,1-4H3,(H,14,16)/t11-/m0/s1. The van der Waals surface area contributed by atoms with Gasteiger partial charge < -0.3 is 14.8 Å². The topological polar surface area (TPSA) is 64.6 Å². The zero-order valence-corrected chi connectivity index (χ0v) is 11.8. The Hall–Kier alpha value is -1.10.